The quantitative estimate of drug-likeness (QED) is 0.550. The van der Waals surface area contributed by atoms with Gasteiger partial charge in [0.2, 0.25) is 5.91 Å². The van der Waals surface area contributed by atoms with Crippen LogP contribution >= 0.6 is 11.8 Å². The van der Waals surface area contributed by atoms with Crippen molar-refractivity contribution in [1.82, 2.24) is 10.2 Å². The fourth-order valence-corrected chi connectivity index (χ4v) is 5.15. The van der Waals surface area contributed by atoms with E-state index in [9.17, 15) is 23.2 Å². The van der Waals surface area contributed by atoms with E-state index in [2.05, 4.69) is 17.4 Å². The Morgan fingerprint density at radius 3 is 2.32 bits per heavy atom. The Morgan fingerprint density at radius 2 is 1.71 bits per heavy atom. The van der Waals surface area contributed by atoms with E-state index in [1.54, 1.807) is 0 Å². The largest absolute Gasteiger partial charge is 0.480 e. The van der Waals surface area contributed by atoms with E-state index in [0.717, 1.165) is 34.0 Å². The molecule has 1 heterocycles. The molecular formula is C24H24F2N2O5S. The van der Waals surface area contributed by atoms with Gasteiger partial charge in [0.1, 0.15) is 12.6 Å². The number of halogens is 2. The first kappa shape index (κ1) is 24.0. The topological polar surface area (TPSA) is 95.9 Å². The van der Waals surface area contributed by atoms with Crippen molar-refractivity contribution < 1.29 is 33.0 Å². The maximum absolute atomic E-state index is 13.5. The van der Waals surface area contributed by atoms with Gasteiger partial charge in [-0.2, -0.15) is 11.8 Å². The Morgan fingerprint density at radius 1 is 1.09 bits per heavy atom. The smallest absolute Gasteiger partial charge is 0.407 e. The molecule has 4 rings (SSSR count). The Balaban J connectivity index is 1.19. The number of likely N-dealkylation sites (tertiary alicyclic amines) is 1. The van der Waals surface area contributed by atoms with Crippen LogP contribution in [0, 0.1) is 0 Å². The molecule has 7 nitrogen and oxygen atoms in total. The number of carboxylic acid groups (broad SMARTS) is 1. The molecule has 1 aliphatic carbocycles. The van der Waals surface area contributed by atoms with E-state index >= 15 is 0 Å². The number of aliphatic carboxylic acids is 1. The van der Waals surface area contributed by atoms with Crippen LogP contribution in [0.5, 0.6) is 0 Å². The summed E-state index contributed by atoms with van der Waals surface area (Å²) in [5, 5.41) is 11.7. The Labute approximate surface area is 199 Å². The molecule has 1 saturated heterocycles. The summed E-state index contributed by atoms with van der Waals surface area (Å²) in [6.07, 6.45) is -1.46. The highest BCUT2D eigenvalue weighted by Gasteiger charge is 2.49. The number of carbonyl (C=O) groups excluding carboxylic acids is 2. The number of amides is 2. The first-order valence-electron chi connectivity index (χ1n) is 10.8. The lowest BCUT2D eigenvalue weighted by molar-refractivity contribution is -0.147. The van der Waals surface area contributed by atoms with Gasteiger partial charge in [-0.25, -0.2) is 18.4 Å². The predicted octanol–water partition coefficient (Wildman–Crippen LogP) is 3.58. The molecule has 2 amide bonds. The summed E-state index contributed by atoms with van der Waals surface area (Å²) < 4.78 is 32.5. The minimum atomic E-state index is -3.20. The number of rotatable bonds is 8. The molecule has 2 aromatic carbocycles. The molecule has 1 aliphatic heterocycles. The maximum atomic E-state index is 13.5. The molecule has 1 fully saturated rings. The molecule has 0 unspecified atom stereocenters. The zero-order chi connectivity index (χ0) is 24.3. The first-order valence-corrected chi connectivity index (χ1v) is 12.0. The summed E-state index contributed by atoms with van der Waals surface area (Å²) in [6.45, 7) is -0.486. The second-order valence-corrected chi connectivity index (χ2v) is 9.35. The third kappa shape index (κ3) is 5.16. The molecule has 180 valence electrons. The molecule has 0 saturated carbocycles. The second kappa shape index (κ2) is 10.0. The van der Waals surface area contributed by atoms with Crippen LogP contribution < -0.4 is 5.32 Å². The fourth-order valence-electron chi connectivity index (χ4n) is 4.42. The number of ether oxygens (including phenoxy) is 1. The molecule has 0 radical (unpaired) electrons. The highest BCUT2D eigenvalue weighted by atomic mass is 32.2. The number of fused-ring (bicyclic) bond motifs is 3. The minimum absolute atomic E-state index is 0.0501. The minimum Gasteiger partial charge on any atom is -0.480 e. The molecule has 0 aromatic heterocycles. The van der Waals surface area contributed by atoms with Gasteiger partial charge < -0.3 is 20.1 Å². The van der Waals surface area contributed by atoms with Crippen molar-refractivity contribution in [1.29, 1.82) is 0 Å². The zero-order valence-electron chi connectivity index (χ0n) is 18.2. The van der Waals surface area contributed by atoms with E-state index in [-0.39, 0.29) is 24.8 Å². The fraction of sp³-hybridized carbons (Fsp3) is 0.375. The summed E-state index contributed by atoms with van der Waals surface area (Å²) in [5.41, 5.74) is 4.48. The lowest BCUT2D eigenvalue weighted by atomic mass is 9.98. The van der Waals surface area contributed by atoms with Gasteiger partial charge in [-0.15, -0.1) is 0 Å². The normalized spacial score (nSPS) is 18.3. The Hall–Kier alpha value is -3.14. The van der Waals surface area contributed by atoms with Gasteiger partial charge in [0, 0.05) is 24.6 Å². The number of thioether (sulfide) groups is 1. The number of alkyl carbamates (subject to hydrolysis) is 1. The van der Waals surface area contributed by atoms with Gasteiger partial charge >= 0.3 is 12.1 Å². The van der Waals surface area contributed by atoms with Gasteiger partial charge in [-0.1, -0.05) is 48.5 Å². The molecule has 1 atom stereocenters. The van der Waals surface area contributed by atoms with Crippen molar-refractivity contribution in [3.8, 4) is 11.1 Å². The zero-order valence-corrected chi connectivity index (χ0v) is 19.0. The van der Waals surface area contributed by atoms with Crippen LogP contribution in [0.3, 0.4) is 0 Å². The number of nitrogens with zero attached hydrogens (tertiary/aromatic N) is 1. The van der Waals surface area contributed by atoms with Gasteiger partial charge in [0.05, 0.1) is 12.3 Å². The van der Waals surface area contributed by atoms with Crippen LogP contribution in [0.25, 0.3) is 11.1 Å². The standard InChI is InChI=1S/C24H24F2N2O5S/c25-24(26)11-20(22(30)31)28(14-24)21(29)13-34-10-9-27-23(32)33-12-19-17-7-3-1-5-15(17)16-6-2-4-8-18(16)19/h1-8,19-20H,9-14H2,(H,27,32)(H,30,31)/t20-/m1/s1. The summed E-state index contributed by atoms with van der Waals surface area (Å²) in [4.78, 5) is 36.2. The highest BCUT2D eigenvalue weighted by molar-refractivity contribution is 7.99. The number of carbonyl (C=O) groups is 3. The number of alkyl halides is 2. The van der Waals surface area contributed by atoms with Crippen LogP contribution in [0.15, 0.2) is 48.5 Å². The van der Waals surface area contributed by atoms with E-state index < -0.39 is 42.9 Å². The average Bonchev–Trinajstić information content (AvgIpc) is 3.32. The first-order chi connectivity index (χ1) is 16.3. The van der Waals surface area contributed by atoms with E-state index in [1.165, 1.54) is 0 Å². The number of benzene rings is 2. The van der Waals surface area contributed by atoms with Crippen molar-refractivity contribution in [2.24, 2.45) is 0 Å². The molecule has 0 bridgehead atoms. The third-order valence-electron chi connectivity index (χ3n) is 5.96. The van der Waals surface area contributed by atoms with Gasteiger partial charge in [-0.05, 0) is 22.3 Å². The SMILES string of the molecule is O=C(NCCSCC(=O)N1CC(F)(F)C[C@@H]1C(=O)O)OCC1c2ccccc2-c2ccccc21. The summed E-state index contributed by atoms with van der Waals surface area (Å²) in [6, 6.07) is 14.5. The van der Waals surface area contributed by atoms with E-state index in [0.29, 0.717) is 10.7 Å². The van der Waals surface area contributed by atoms with Crippen LogP contribution in [-0.4, -0.2) is 71.1 Å². The van der Waals surface area contributed by atoms with Crippen molar-refractivity contribution in [3.63, 3.8) is 0 Å². The monoisotopic (exact) mass is 490 g/mol. The van der Waals surface area contributed by atoms with Crippen LogP contribution in [0.1, 0.15) is 23.5 Å². The van der Waals surface area contributed by atoms with Crippen molar-refractivity contribution >= 4 is 29.7 Å². The van der Waals surface area contributed by atoms with Crippen LogP contribution in [-0.2, 0) is 14.3 Å². The summed E-state index contributed by atoms with van der Waals surface area (Å²) >= 11 is 1.13. The molecule has 2 N–H and O–H groups in total. The van der Waals surface area contributed by atoms with Gasteiger partial charge in [0.15, 0.2) is 0 Å². The maximum Gasteiger partial charge on any atom is 0.407 e. The number of carboxylic acids is 1. The number of hydrogen-bond donors (Lipinski definition) is 2. The Kier molecular flexibility index (Phi) is 7.06. The van der Waals surface area contributed by atoms with Crippen LogP contribution in [0.2, 0.25) is 0 Å². The third-order valence-corrected chi connectivity index (χ3v) is 6.90. The number of hydrogen-bond acceptors (Lipinski definition) is 5. The van der Waals surface area contributed by atoms with E-state index in [1.807, 2.05) is 36.4 Å². The molecule has 0 spiro atoms. The second-order valence-electron chi connectivity index (χ2n) is 8.24. The molecule has 34 heavy (non-hydrogen) atoms. The average molecular weight is 491 g/mol. The van der Waals surface area contributed by atoms with Crippen molar-refractivity contribution in [2.45, 2.75) is 24.3 Å². The van der Waals surface area contributed by atoms with Gasteiger partial charge in [-0.3, -0.25) is 4.79 Å². The summed E-state index contributed by atoms with van der Waals surface area (Å²) in [5.74, 6) is -5.15. The molecular weight excluding hydrogens is 466 g/mol. The Bertz CT molecular complexity index is 1050. The van der Waals surface area contributed by atoms with E-state index in [4.69, 9.17) is 9.84 Å². The lowest BCUT2D eigenvalue weighted by Gasteiger charge is -2.20. The predicted molar refractivity (Wildman–Crippen MR) is 123 cm³/mol. The summed E-state index contributed by atoms with van der Waals surface area (Å²) in [7, 11) is 0. The van der Waals surface area contributed by atoms with Gasteiger partial charge in [0.25, 0.3) is 5.92 Å². The highest BCUT2D eigenvalue weighted by Crippen LogP contribution is 2.44. The lowest BCUT2D eigenvalue weighted by Crippen LogP contribution is -2.41. The molecule has 2 aromatic rings. The molecule has 2 aliphatic rings. The number of nitrogens with one attached hydrogen (secondary N) is 1. The van der Waals surface area contributed by atoms with Crippen LogP contribution in [0.4, 0.5) is 13.6 Å². The molecule has 10 heteroatoms. The van der Waals surface area contributed by atoms with Crippen molar-refractivity contribution in [3.05, 3.63) is 59.7 Å². The van der Waals surface area contributed by atoms with Crippen molar-refractivity contribution in [2.75, 3.05) is 31.2 Å².